The van der Waals surface area contributed by atoms with Gasteiger partial charge < -0.3 is 9.32 Å². The lowest BCUT2D eigenvalue weighted by molar-refractivity contribution is 0.669. The number of anilines is 3. The van der Waals surface area contributed by atoms with E-state index < -0.39 is 0 Å². The van der Waals surface area contributed by atoms with Crippen molar-refractivity contribution in [3.63, 3.8) is 0 Å². The first-order chi connectivity index (χ1) is 25.3. The molecule has 9 aromatic rings. The number of rotatable bonds is 6. The van der Waals surface area contributed by atoms with Gasteiger partial charge in [0.25, 0.3) is 0 Å². The topological polar surface area (TPSA) is 16.4 Å². The largest absolute Gasteiger partial charge is 0.456 e. The van der Waals surface area contributed by atoms with Crippen LogP contribution >= 0.6 is 0 Å². The van der Waals surface area contributed by atoms with E-state index in [0.717, 1.165) is 40.0 Å². The van der Waals surface area contributed by atoms with Crippen molar-refractivity contribution in [3.05, 3.63) is 199 Å². The summed E-state index contributed by atoms with van der Waals surface area (Å²) in [6, 6.07) is 65.2. The summed E-state index contributed by atoms with van der Waals surface area (Å²) in [5, 5.41) is 4.72. The molecule has 0 saturated carbocycles. The molecular formula is C49H33NO. The molecule has 2 nitrogen and oxygen atoms in total. The Bertz CT molecular complexity index is 2700. The van der Waals surface area contributed by atoms with Crippen LogP contribution in [-0.2, 0) is 6.42 Å². The molecule has 0 bridgehead atoms. The van der Waals surface area contributed by atoms with Gasteiger partial charge in [0, 0.05) is 33.4 Å². The quantitative estimate of drug-likeness (QED) is 0.178. The predicted molar refractivity (Wildman–Crippen MR) is 215 cm³/mol. The summed E-state index contributed by atoms with van der Waals surface area (Å²) >= 11 is 0. The van der Waals surface area contributed by atoms with Crippen LogP contribution in [0.1, 0.15) is 16.7 Å². The Balaban J connectivity index is 1.05. The summed E-state index contributed by atoms with van der Waals surface area (Å²) in [6.45, 7) is 0. The fourth-order valence-corrected chi connectivity index (χ4v) is 7.80. The molecule has 1 aliphatic carbocycles. The number of furan rings is 1. The molecular weight excluding hydrogens is 619 g/mol. The second-order valence-corrected chi connectivity index (χ2v) is 13.3. The summed E-state index contributed by atoms with van der Waals surface area (Å²) in [4.78, 5) is 2.29. The minimum atomic E-state index is 0.915. The summed E-state index contributed by atoms with van der Waals surface area (Å²) in [7, 11) is 0. The molecule has 51 heavy (non-hydrogen) atoms. The highest BCUT2D eigenvalue weighted by Crippen LogP contribution is 2.44. The molecule has 1 aliphatic rings. The van der Waals surface area contributed by atoms with Gasteiger partial charge in [-0.1, -0.05) is 133 Å². The van der Waals surface area contributed by atoms with Crippen LogP contribution in [0.4, 0.5) is 17.1 Å². The van der Waals surface area contributed by atoms with Gasteiger partial charge >= 0.3 is 0 Å². The number of benzene rings is 8. The molecule has 1 heterocycles. The second-order valence-electron chi connectivity index (χ2n) is 13.3. The lowest BCUT2D eigenvalue weighted by atomic mass is 9.91. The van der Waals surface area contributed by atoms with Crippen LogP contribution in [0.25, 0.3) is 66.6 Å². The van der Waals surface area contributed by atoms with Crippen LogP contribution in [0.5, 0.6) is 0 Å². The molecule has 0 amide bonds. The first kappa shape index (κ1) is 29.3. The molecule has 0 fully saturated rings. The first-order valence-corrected chi connectivity index (χ1v) is 17.5. The van der Waals surface area contributed by atoms with Gasteiger partial charge in [0.2, 0.25) is 0 Å². The van der Waals surface area contributed by atoms with E-state index in [9.17, 15) is 0 Å². The molecule has 2 heteroatoms. The van der Waals surface area contributed by atoms with E-state index in [1.807, 2.05) is 0 Å². The number of allylic oxidation sites excluding steroid dienone is 1. The van der Waals surface area contributed by atoms with Crippen LogP contribution in [-0.4, -0.2) is 0 Å². The number of fused-ring (bicyclic) bond motifs is 5. The zero-order valence-electron chi connectivity index (χ0n) is 28.0. The monoisotopic (exact) mass is 651 g/mol. The minimum absolute atomic E-state index is 0.915. The third-order valence-electron chi connectivity index (χ3n) is 10.3. The summed E-state index contributed by atoms with van der Waals surface area (Å²) < 4.78 is 6.57. The van der Waals surface area contributed by atoms with Crippen molar-refractivity contribution < 1.29 is 4.42 Å². The average Bonchev–Trinajstić information content (AvgIpc) is 3.80. The molecule has 1 aromatic heterocycles. The molecule has 0 unspecified atom stereocenters. The SMILES string of the molecule is C1=C(c2ccc3oc4cc5ccccc5c(-c5ccc(-c6ccc(N(c7ccccc7)c7ccccc7)cc6)cc5)c4c3c2)Cc2ccccc21. The number of hydrogen-bond donors (Lipinski definition) is 0. The van der Waals surface area contributed by atoms with Crippen LogP contribution in [0.3, 0.4) is 0 Å². The summed E-state index contributed by atoms with van der Waals surface area (Å²) in [5.74, 6) is 0. The summed E-state index contributed by atoms with van der Waals surface area (Å²) in [6.07, 6.45) is 3.29. The van der Waals surface area contributed by atoms with Gasteiger partial charge in [0.1, 0.15) is 11.2 Å². The third kappa shape index (κ3) is 5.12. The van der Waals surface area contributed by atoms with Gasteiger partial charge in [0.05, 0.1) is 0 Å². The van der Waals surface area contributed by atoms with Gasteiger partial charge in [-0.2, -0.15) is 0 Å². The van der Waals surface area contributed by atoms with Crippen molar-refractivity contribution >= 4 is 61.4 Å². The van der Waals surface area contributed by atoms with Crippen LogP contribution in [0.15, 0.2) is 186 Å². The van der Waals surface area contributed by atoms with Crippen LogP contribution in [0.2, 0.25) is 0 Å². The van der Waals surface area contributed by atoms with Gasteiger partial charge in [-0.15, -0.1) is 0 Å². The van der Waals surface area contributed by atoms with Crippen molar-refractivity contribution in [2.45, 2.75) is 6.42 Å². The maximum atomic E-state index is 6.57. The molecule has 0 atom stereocenters. The first-order valence-electron chi connectivity index (χ1n) is 17.5. The van der Waals surface area contributed by atoms with E-state index in [4.69, 9.17) is 4.42 Å². The van der Waals surface area contributed by atoms with E-state index in [-0.39, 0.29) is 0 Å². The molecule has 8 aromatic carbocycles. The molecule has 10 rings (SSSR count). The van der Waals surface area contributed by atoms with Gasteiger partial charge in [-0.3, -0.25) is 0 Å². The molecule has 0 aliphatic heterocycles. The van der Waals surface area contributed by atoms with Gasteiger partial charge in [-0.25, -0.2) is 0 Å². The smallest absolute Gasteiger partial charge is 0.136 e. The van der Waals surface area contributed by atoms with Crippen LogP contribution in [0, 0.1) is 0 Å². The number of para-hydroxylation sites is 2. The third-order valence-corrected chi connectivity index (χ3v) is 10.3. The van der Waals surface area contributed by atoms with E-state index in [0.29, 0.717) is 0 Å². The lowest BCUT2D eigenvalue weighted by Crippen LogP contribution is -2.09. The Morgan fingerprint density at radius 1 is 0.431 bits per heavy atom. The Kier molecular flexibility index (Phi) is 6.92. The molecule has 240 valence electrons. The lowest BCUT2D eigenvalue weighted by Gasteiger charge is -2.25. The van der Waals surface area contributed by atoms with E-state index >= 15 is 0 Å². The van der Waals surface area contributed by atoms with Crippen molar-refractivity contribution in [3.8, 4) is 22.3 Å². The van der Waals surface area contributed by atoms with Crippen molar-refractivity contribution in [1.82, 2.24) is 0 Å². The molecule has 0 radical (unpaired) electrons. The van der Waals surface area contributed by atoms with E-state index in [1.165, 1.54) is 60.7 Å². The standard InChI is InChI=1S/C49H33NO/c1-3-14-41(15-4-1)50(42-16-5-2-6-17-42)43-26-23-34(24-27-43)33-19-21-35(22-20-33)48-44-18-10-9-13-39(44)32-47-49(48)45-31-38(25-28-46(45)51-47)40-29-36-11-7-8-12-37(36)30-40/h1-29,31-32H,30H2. The fourth-order valence-electron chi connectivity index (χ4n) is 7.80. The normalized spacial score (nSPS) is 12.4. The average molecular weight is 652 g/mol. The maximum Gasteiger partial charge on any atom is 0.136 e. The highest BCUT2D eigenvalue weighted by molar-refractivity contribution is 6.21. The highest BCUT2D eigenvalue weighted by Gasteiger charge is 2.20. The molecule has 0 saturated heterocycles. The second kappa shape index (κ2) is 12.0. The molecule has 0 spiro atoms. The highest BCUT2D eigenvalue weighted by atomic mass is 16.3. The minimum Gasteiger partial charge on any atom is -0.456 e. The van der Waals surface area contributed by atoms with Crippen molar-refractivity contribution in [2.75, 3.05) is 4.90 Å². The Hall–Kier alpha value is -6.64. The van der Waals surface area contributed by atoms with Gasteiger partial charge in [0.15, 0.2) is 0 Å². The van der Waals surface area contributed by atoms with E-state index in [2.05, 4.69) is 193 Å². The zero-order chi connectivity index (χ0) is 33.7. The van der Waals surface area contributed by atoms with Crippen LogP contribution < -0.4 is 4.90 Å². The van der Waals surface area contributed by atoms with E-state index in [1.54, 1.807) is 0 Å². The molecule has 0 N–H and O–H groups in total. The Morgan fingerprint density at radius 3 is 1.75 bits per heavy atom. The number of hydrogen-bond acceptors (Lipinski definition) is 2. The predicted octanol–water partition coefficient (Wildman–Crippen LogP) is 13.6. The Morgan fingerprint density at radius 2 is 1.02 bits per heavy atom. The van der Waals surface area contributed by atoms with Gasteiger partial charge in [-0.05, 0) is 111 Å². The van der Waals surface area contributed by atoms with Crippen molar-refractivity contribution in [1.29, 1.82) is 0 Å². The number of nitrogens with zero attached hydrogens (tertiary/aromatic N) is 1. The summed E-state index contributed by atoms with van der Waals surface area (Å²) in [5.41, 5.74) is 15.3. The maximum absolute atomic E-state index is 6.57. The Labute approximate surface area is 297 Å². The van der Waals surface area contributed by atoms with Crippen molar-refractivity contribution in [2.24, 2.45) is 0 Å². The zero-order valence-corrected chi connectivity index (χ0v) is 28.0. The fraction of sp³-hybridized carbons (Fsp3) is 0.0204.